The first kappa shape index (κ1) is 13.7. The van der Waals surface area contributed by atoms with Crippen LogP contribution in [0.2, 0.25) is 0 Å². The second kappa shape index (κ2) is 6.44. The van der Waals surface area contributed by atoms with Gasteiger partial charge < -0.3 is 10.1 Å². The standard InChI is InChI=1S/C12H16N4O2S/c1-8-14-11(7-19-8)4-12(17)13-5-9-3-10(6-18-2)16-15-9/h3,7H,4-6H2,1-2H3,(H,13,17)(H,15,16). The van der Waals surface area contributed by atoms with Crippen molar-refractivity contribution < 1.29 is 9.53 Å². The number of aromatic nitrogens is 3. The predicted molar refractivity (Wildman–Crippen MR) is 71.7 cm³/mol. The summed E-state index contributed by atoms with van der Waals surface area (Å²) in [4.78, 5) is 16.0. The van der Waals surface area contributed by atoms with E-state index in [0.29, 0.717) is 19.6 Å². The molecule has 0 atom stereocenters. The van der Waals surface area contributed by atoms with Gasteiger partial charge in [-0.05, 0) is 13.0 Å². The van der Waals surface area contributed by atoms with Gasteiger partial charge in [0.2, 0.25) is 5.91 Å². The van der Waals surface area contributed by atoms with Gasteiger partial charge in [0.1, 0.15) is 0 Å². The van der Waals surface area contributed by atoms with Crippen molar-refractivity contribution in [1.82, 2.24) is 20.5 Å². The minimum atomic E-state index is -0.0480. The summed E-state index contributed by atoms with van der Waals surface area (Å²) in [5, 5.41) is 12.6. The van der Waals surface area contributed by atoms with Gasteiger partial charge in [0.05, 0.1) is 41.7 Å². The number of H-pyrrole nitrogens is 1. The van der Waals surface area contributed by atoms with Gasteiger partial charge >= 0.3 is 0 Å². The highest BCUT2D eigenvalue weighted by Gasteiger charge is 2.07. The molecule has 7 heteroatoms. The Bertz CT molecular complexity index is 549. The Hall–Kier alpha value is -1.73. The third kappa shape index (κ3) is 4.15. The zero-order valence-corrected chi connectivity index (χ0v) is 11.7. The lowest BCUT2D eigenvalue weighted by Crippen LogP contribution is -2.24. The normalized spacial score (nSPS) is 10.6. The Morgan fingerprint density at radius 2 is 2.37 bits per heavy atom. The lowest BCUT2D eigenvalue weighted by Gasteiger charge is -2.01. The fraction of sp³-hybridized carbons (Fsp3) is 0.417. The molecule has 102 valence electrons. The van der Waals surface area contributed by atoms with E-state index in [4.69, 9.17) is 4.74 Å². The van der Waals surface area contributed by atoms with E-state index in [2.05, 4.69) is 20.5 Å². The van der Waals surface area contributed by atoms with E-state index >= 15 is 0 Å². The molecule has 0 unspecified atom stereocenters. The number of aryl methyl sites for hydroxylation is 1. The molecule has 0 saturated carbocycles. The quantitative estimate of drug-likeness (QED) is 0.832. The van der Waals surface area contributed by atoms with Crippen LogP contribution < -0.4 is 5.32 Å². The van der Waals surface area contributed by atoms with Crippen molar-refractivity contribution in [2.24, 2.45) is 0 Å². The predicted octanol–water partition coefficient (Wildman–Crippen LogP) is 1.18. The Morgan fingerprint density at radius 1 is 1.53 bits per heavy atom. The molecular weight excluding hydrogens is 264 g/mol. The minimum Gasteiger partial charge on any atom is -0.378 e. The maximum absolute atomic E-state index is 11.7. The van der Waals surface area contributed by atoms with Gasteiger partial charge in [-0.25, -0.2) is 4.98 Å². The molecule has 2 aromatic heterocycles. The van der Waals surface area contributed by atoms with Crippen LogP contribution in [0.25, 0.3) is 0 Å². The fourth-order valence-electron chi connectivity index (χ4n) is 1.63. The van der Waals surface area contributed by atoms with Gasteiger partial charge in [0.15, 0.2) is 0 Å². The number of thiazole rings is 1. The fourth-order valence-corrected chi connectivity index (χ4v) is 2.24. The highest BCUT2D eigenvalue weighted by molar-refractivity contribution is 7.09. The van der Waals surface area contributed by atoms with Crippen LogP contribution in [-0.2, 0) is 29.1 Å². The van der Waals surface area contributed by atoms with E-state index in [1.807, 2.05) is 18.4 Å². The van der Waals surface area contributed by atoms with E-state index in [0.717, 1.165) is 22.1 Å². The van der Waals surface area contributed by atoms with Crippen molar-refractivity contribution in [3.63, 3.8) is 0 Å². The van der Waals surface area contributed by atoms with Crippen molar-refractivity contribution in [1.29, 1.82) is 0 Å². The van der Waals surface area contributed by atoms with Crippen LogP contribution >= 0.6 is 11.3 Å². The van der Waals surface area contributed by atoms with Gasteiger partial charge in [-0.15, -0.1) is 11.3 Å². The van der Waals surface area contributed by atoms with Crippen molar-refractivity contribution in [3.05, 3.63) is 33.5 Å². The topological polar surface area (TPSA) is 79.9 Å². The first-order chi connectivity index (χ1) is 9.17. The van der Waals surface area contributed by atoms with Crippen molar-refractivity contribution in [2.75, 3.05) is 7.11 Å². The molecule has 19 heavy (non-hydrogen) atoms. The van der Waals surface area contributed by atoms with E-state index in [9.17, 15) is 4.79 Å². The van der Waals surface area contributed by atoms with E-state index < -0.39 is 0 Å². The summed E-state index contributed by atoms with van der Waals surface area (Å²) in [6.07, 6.45) is 0.309. The molecule has 0 aliphatic rings. The van der Waals surface area contributed by atoms with Crippen molar-refractivity contribution >= 4 is 17.2 Å². The number of carbonyl (C=O) groups excluding carboxylic acids is 1. The van der Waals surface area contributed by atoms with Gasteiger partial charge in [-0.2, -0.15) is 5.10 Å². The van der Waals surface area contributed by atoms with Gasteiger partial charge in [-0.1, -0.05) is 0 Å². The largest absolute Gasteiger partial charge is 0.378 e. The molecule has 2 N–H and O–H groups in total. The third-order valence-corrected chi connectivity index (χ3v) is 3.28. The molecule has 2 rings (SSSR count). The summed E-state index contributed by atoms with van der Waals surface area (Å²) < 4.78 is 4.97. The average molecular weight is 280 g/mol. The van der Waals surface area contributed by atoms with E-state index in [1.54, 1.807) is 18.4 Å². The monoisotopic (exact) mass is 280 g/mol. The van der Waals surface area contributed by atoms with Gasteiger partial charge in [0.25, 0.3) is 0 Å². The number of nitrogens with one attached hydrogen (secondary N) is 2. The Kier molecular flexibility index (Phi) is 4.64. The molecule has 6 nitrogen and oxygen atoms in total. The van der Waals surface area contributed by atoms with E-state index in [-0.39, 0.29) is 5.91 Å². The maximum atomic E-state index is 11.7. The number of ether oxygens (including phenoxy) is 1. The molecular formula is C12H16N4O2S. The molecule has 2 aromatic rings. The Morgan fingerprint density at radius 3 is 3.05 bits per heavy atom. The van der Waals surface area contributed by atoms with Crippen LogP contribution in [0.5, 0.6) is 0 Å². The number of hydrogen-bond acceptors (Lipinski definition) is 5. The molecule has 0 aliphatic heterocycles. The van der Waals surface area contributed by atoms with Gasteiger partial charge in [0, 0.05) is 12.5 Å². The van der Waals surface area contributed by atoms with Crippen molar-refractivity contribution in [2.45, 2.75) is 26.5 Å². The zero-order chi connectivity index (χ0) is 13.7. The number of hydrogen-bond donors (Lipinski definition) is 2. The summed E-state index contributed by atoms with van der Waals surface area (Å²) in [7, 11) is 1.62. The van der Waals surface area contributed by atoms with Crippen LogP contribution in [0.1, 0.15) is 22.1 Å². The van der Waals surface area contributed by atoms with Crippen LogP contribution in [0.3, 0.4) is 0 Å². The summed E-state index contributed by atoms with van der Waals surface area (Å²) in [5.41, 5.74) is 2.49. The molecule has 0 aliphatic carbocycles. The SMILES string of the molecule is COCc1cc(CNC(=O)Cc2csc(C)n2)[nH]n1. The maximum Gasteiger partial charge on any atom is 0.226 e. The van der Waals surface area contributed by atoms with Gasteiger partial charge in [-0.3, -0.25) is 9.89 Å². The lowest BCUT2D eigenvalue weighted by molar-refractivity contribution is -0.120. The van der Waals surface area contributed by atoms with Crippen LogP contribution in [-0.4, -0.2) is 28.2 Å². The molecule has 2 heterocycles. The number of methoxy groups -OCH3 is 1. The Labute approximate surface area is 115 Å². The summed E-state index contributed by atoms with van der Waals surface area (Å²) >= 11 is 1.55. The average Bonchev–Trinajstić information content (AvgIpc) is 2.97. The highest BCUT2D eigenvalue weighted by Crippen LogP contribution is 2.08. The lowest BCUT2D eigenvalue weighted by atomic mass is 10.3. The second-order valence-electron chi connectivity index (χ2n) is 4.13. The smallest absolute Gasteiger partial charge is 0.226 e. The molecule has 0 fully saturated rings. The second-order valence-corrected chi connectivity index (χ2v) is 5.19. The number of nitrogens with zero attached hydrogens (tertiary/aromatic N) is 2. The minimum absolute atomic E-state index is 0.0480. The number of carbonyl (C=O) groups is 1. The van der Waals surface area contributed by atoms with Crippen LogP contribution in [0, 0.1) is 6.92 Å². The summed E-state index contributed by atoms with van der Waals surface area (Å²) in [6.45, 7) is 2.81. The summed E-state index contributed by atoms with van der Waals surface area (Å²) in [5.74, 6) is -0.0480. The van der Waals surface area contributed by atoms with Crippen LogP contribution in [0.4, 0.5) is 0 Å². The molecule has 0 aromatic carbocycles. The van der Waals surface area contributed by atoms with Crippen molar-refractivity contribution in [3.8, 4) is 0 Å². The molecule has 1 amide bonds. The first-order valence-electron chi connectivity index (χ1n) is 5.87. The number of amides is 1. The van der Waals surface area contributed by atoms with Crippen LogP contribution in [0.15, 0.2) is 11.4 Å². The zero-order valence-electron chi connectivity index (χ0n) is 10.9. The molecule has 0 saturated heterocycles. The molecule has 0 radical (unpaired) electrons. The number of rotatable bonds is 6. The highest BCUT2D eigenvalue weighted by atomic mass is 32.1. The number of aromatic amines is 1. The molecule has 0 bridgehead atoms. The first-order valence-corrected chi connectivity index (χ1v) is 6.75. The van der Waals surface area contributed by atoms with E-state index in [1.165, 1.54) is 0 Å². The third-order valence-electron chi connectivity index (χ3n) is 2.46. The molecule has 0 spiro atoms. The summed E-state index contributed by atoms with van der Waals surface area (Å²) in [6, 6.07) is 1.87. The Balaban J connectivity index is 1.79.